The van der Waals surface area contributed by atoms with Crippen LogP contribution < -0.4 is 20.4 Å². The molecule has 4 heterocycles. The van der Waals surface area contributed by atoms with Crippen LogP contribution in [0.2, 0.25) is 0 Å². The molecule has 216 valence electrons. The first-order valence-electron chi connectivity index (χ1n) is 15.1. The average Bonchev–Trinajstić information content (AvgIpc) is 2.89. The molecule has 6 nitrogen and oxygen atoms in total. The third-order valence-electron chi connectivity index (χ3n) is 6.66. The monoisotopic (exact) mass is 534 g/mol. The molecule has 3 aromatic rings. The molecule has 2 aliphatic rings. The number of hydrogen-bond donors (Lipinski definition) is 2. The summed E-state index contributed by atoms with van der Waals surface area (Å²) in [6.45, 7) is 18.0. The summed E-state index contributed by atoms with van der Waals surface area (Å²) < 4.78 is 0. The topological polar surface area (TPSA) is 56.3 Å². The Labute approximate surface area is 238 Å². The molecule has 2 aromatic heterocycles. The van der Waals surface area contributed by atoms with Gasteiger partial charge in [0.1, 0.15) is 0 Å². The van der Waals surface area contributed by atoms with Crippen LogP contribution >= 0.6 is 0 Å². The van der Waals surface area contributed by atoms with Crippen LogP contribution in [0.4, 0.5) is 11.4 Å². The van der Waals surface area contributed by atoms with Crippen molar-refractivity contribution in [3.8, 4) is 11.3 Å². The molecule has 0 saturated carbocycles. The van der Waals surface area contributed by atoms with Crippen LogP contribution in [0, 0.1) is 5.41 Å². The number of hydrogen-bond acceptors (Lipinski definition) is 6. The lowest BCUT2D eigenvalue weighted by molar-refractivity contribution is 0.121. The quantitative estimate of drug-likeness (QED) is 0.326. The third-order valence-corrected chi connectivity index (χ3v) is 6.66. The molecule has 1 spiro atoms. The van der Waals surface area contributed by atoms with Gasteiger partial charge in [-0.15, -0.1) is 0 Å². The highest BCUT2D eigenvalue weighted by molar-refractivity contribution is 5.96. The predicted octanol–water partition coefficient (Wildman–Crippen LogP) is 6.78. The zero-order chi connectivity index (χ0) is 28.8. The van der Waals surface area contributed by atoms with E-state index in [9.17, 15) is 0 Å². The number of aryl methyl sites for hydroxylation is 1. The highest BCUT2D eigenvalue weighted by atomic mass is 15.3. The molecule has 6 heteroatoms. The summed E-state index contributed by atoms with van der Waals surface area (Å²) in [4.78, 5) is 14.4. The Morgan fingerprint density at radius 2 is 1.64 bits per heavy atom. The van der Waals surface area contributed by atoms with E-state index in [0.717, 1.165) is 68.0 Å². The van der Waals surface area contributed by atoms with Gasteiger partial charge >= 0.3 is 0 Å². The molecule has 0 atom stereocenters. The zero-order valence-corrected chi connectivity index (χ0v) is 26.2. The molecule has 0 unspecified atom stereocenters. The SMILES string of the molecule is CC.CCC.CCC.CNCCCc1ccc(-c2cc(N3CC4(CNC4)C3)c3ccc(N(C)C)cc3n2)cn1. The summed E-state index contributed by atoms with van der Waals surface area (Å²) in [5, 5.41) is 7.86. The lowest BCUT2D eigenvalue weighted by Crippen LogP contribution is -2.71. The number of pyridine rings is 2. The molecule has 2 N–H and O–H groups in total. The van der Waals surface area contributed by atoms with Gasteiger partial charge in [0, 0.05) is 79.9 Å². The maximum Gasteiger partial charge on any atom is 0.0751 e. The molecule has 5 rings (SSSR count). The Morgan fingerprint density at radius 1 is 0.974 bits per heavy atom. The van der Waals surface area contributed by atoms with E-state index in [1.54, 1.807) is 0 Å². The maximum atomic E-state index is 5.05. The number of anilines is 2. The van der Waals surface area contributed by atoms with Crippen LogP contribution in [0.3, 0.4) is 0 Å². The van der Waals surface area contributed by atoms with Crippen LogP contribution in [0.5, 0.6) is 0 Å². The van der Waals surface area contributed by atoms with Gasteiger partial charge < -0.3 is 20.4 Å². The highest BCUT2D eigenvalue weighted by Gasteiger charge is 2.47. The summed E-state index contributed by atoms with van der Waals surface area (Å²) in [6.07, 6.45) is 6.57. The summed E-state index contributed by atoms with van der Waals surface area (Å²) >= 11 is 0. The first kappa shape index (κ1) is 32.5. The number of benzene rings is 1. The fourth-order valence-electron chi connectivity index (χ4n) is 4.69. The first-order chi connectivity index (χ1) is 18.9. The number of rotatable bonds is 7. The second-order valence-electron chi connectivity index (χ2n) is 10.7. The minimum absolute atomic E-state index is 0.482. The van der Waals surface area contributed by atoms with E-state index < -0.39 is 0 Å². The Hall–Kier alpha value is -2.70. The van der Waals surface area contributed by atoms with Crippen LogP contribution in [0.25, 0.3) is 22.2 Å². The molecule has 0 aliphatic carbocycles. The normalized spacial score (nSPS) is 14.5. The minimum Gasteiger partial charge on any atom is -0.378 e. The van der Waals surface area contributed by atoms with E-state index in [2.05, 4.69) is 98.6 Å². The van der Waals surface area contributed by atoms with Gasteiger partial charge in [0.15, 0.2) is 0 Å². The largest absolute Gasteiger partial charge is 0.378 e. The van der Waals surface area contributed by atoms with Gasteiger partial charge in [0.05, 0.1) is 11.2 Å². The number of aromatic nitrogens is 2. The van der Waals surface area contributed by atoms with Gasteiger partial charge in [-0.25, -0.2) is 4.98 Å². The predicted molar refractivity (Wildman–Crippen MR) is 172 cm³/mol. The van der Waals surface area contributed by atoms with E-state index in [1.165, 1.54) is 29.6 Å². The van der Waals surface area contributed by atoms with Crippen molar-refractivity contribution in [1.82, 2.24) is 20.6 Å². The van der Waals surface area contributed by atoms with Gasteiger partial charge in [-0.3, -0.25) is 4.98 Å². The second-order valence-corrected chi connectivity index (χ2v) is 10.7. The summed E-state index contributed by atoms with van der Waals surface area (Å²) in [7, 11) is 6.14. The first-order valence-corrected chi connectivity index (χ1v) is 15.1. The number of nitrogens with one attached hydrogen (secondary N) is 2. The van der Waals surface area contributed by atoms with Crippen molar-refractivity contribution in [3.05, 3.63) is 48.3 Å². The maximum absolute atomic E-state index is 5.05. The molecule has 39 heavy (non-hydrogen) atoms. The summed E-state index contributed by atoms with van der Waals surface area (Å²) in [5.74, 6) is 0. The van der Waals surface area contributed by atoms with E-state index >= 15 is 0 Å². The second kappa shape index (κ2) is 16.4. The molecule has 0 radical (unpaired) electrons. The molecular weight excluding hydrogens is 480 g/mol. The molecule has 2 aliphatic heterocycles. The lowest BCUT2D eigenvalue weighted by Gasteiger charge is -2.57. The molecule has 0 bridgehead atoms. The Kier molecular flexibility index (Phi) is 13.7. The van der Waals surface area contributed by atoms with Crippen LogP contribution in [0.15, 0.2) is 42.6 Å². The zero-order valence-electron chi connectivity index (χ0n) is 26.2. The minimum atomic E-state index is 0.482. The van der Waals surface area contributed by atoms with Gasteiger partial charge in [-0.2, -0.15) is 0 Å². The van der Waals surface area contributed by atoms with E-state index in [1.807, 2.05) is 27.1 Å². The average molecular weight is 535 g/mol. The van der Waals surface area contributed by atoms with Crippen molar-refractivity contribution in [2.45, 2.75) is 67.2 Å². The van der Waals surface area contributed by atoms with Crippen LogP contribution in [0.1, 0.15) is 66.5 Å². The Balaban J connectivity index is 0.000000602. The Morgan fingerprint density at radius 3 is 2.15 bits per heavy atom. The van der Waals surface area contributed by atoms with Crippen molar-refractivity contribution in [2.24, 2.45) is 5.41 Å². The number of fused-ring (bicyclic) bond motifs is 1. The van der Waals surface area contributed by atoms with Crippen molar-refractivity contribution >= 4 is 22.3 Å². The van der Waals surface area contributed by atoms with Crippen LogP contribution in [-0.2, 0) is 6.42 Å². The Bertz CT molecular complexity index is 1100. The smallest absolute Gasteiger partial charge is 0.0751 e. The van der Waals surface area contributed by atoms with Gasteiger partial charge in [0.2, 0.25) is 0 Å². The summed E-state index contributed by atoms with van der Waals surface area (Å²) in [5.41, 5.74) is 7.21. The molecule has 2 saturated heterocycles. The third kappa shape index (κ3) is 8.64. The molecule has 1 aromatic carbocycles. The highest BCUT2D eigenvalue weighted by Crippen LogP contribution is 2.41. The van der Waals surface area contributed by atoms with Crippen molar-refractivity contribution in [3.63, 3.8) is 0 Å². The molecule has 2 fully saturated rings. The van der Waals surface area contributed by atoms with Crippen molar-refractivity contribution in [1.29, 1.82) is 0 Å². The van der Waals surface area contributed by atoms with Gasteiger partial charge in [-0.05, 0) is 62.8 Å². The summed E-state index contributed by atoms with van der Waals surface area (Å²) in [6, 6.07) is 13.2. The van der Waals surface area contributed by atoms with E-state index in [0.29, 0.717) is 5.41 Å². The molecular formula is C33H54N6. The van der Waals surface area contributed by atoms with Crippen LogP contribution in [-0.4, -0.2) is 63.8 Å². The fourth-order valence-corrected chi connectivity index (χ4v) is 4.69. The standard InChI is InChI=1S/C25H32N6.2C3H8.C2H6/c1-26-10-4-5-19-7-6-18(13-28-19)22-12-24(31-16-25(17-31)14-27-15-25)21-9-8-20(30(2)3)11-23(21)29-22;2*1-3-2;1-2/h6-9,11-13,26-27H,4-5,10,14-17H2,1-3H3;2*3H2,1-2H3;1-2H3. The fraction of sp³-hybridized carbons (Fsp3) is 0.576. The lowest BCUT2D eigenvalue weighted by atomic mass is 9.74. The van der Waals surface area contributed by atoms with Crippen molar-refractivity contribution < 1.29 is 0 Å². The van der Waals surface area contributed by atoms with Gasteiger partial charge in [0.25, 0.3) is 0 Å². The van der Waals surface area contributed by atoms with E-state index in [4.69, 9.17) is 9.97 Å². The van der Waals surface area contributed by atoms with Crippen molar-refractivity contribution in [2.75, 3.05) is 63.7 Å². The van der Waals surface area contributed by atoms with E-state index in [-0.39, 0.29) is 0 Å². The van der Waals surface area contributed by atoms with Gasteiger partial charge in [-0.1, -0.05) is 54.4 Å². The number of nitrogens with zero attached hydrogens (tertiary/aromatic N) is 4. The molecule has 0 amide bonds.